The highest BCUT2D eigenvalue weighted by Gasteiger charge is 2.15. The van der Waals surface area contributed by atoms with Crippen molar-refractivity contribution in [2.75, 3.05) is 0 Å². The highest BCUT2D eigenvalue weighted by atomic mass is 16.6. The predicted molar refractivity (Wildman–Crippen MR) is 114 cm³/mol. The third kappa shape index (κ3) is 7.27. The Bertz CT molecular complexity index is 757. The molecule has 0 fully saturated rings. The summed E-state index contributed by atoms with van der Waals surface area (Å²) < 4.78 is 0. The quantitative estimate of drug-likeness (QED) is 0.389. The third-order valence-corrected chi connectivity index (χ3v) is 5.17. The highest BCUT2D eigenvalue weighted by Crippen LogP contribution is 2.28. The number of nitro groups is 2. The molecular formula is C22H30N2O5. The molecule has 0 saturated carbocycles. The molecule has 0 amide bonds. The molecule has 29 heavy (non-hydrogen) atoms. The fourth-order valence-electron chi connectivity index (χ4n) is 3.25. The van der Waals surface area contributed by atoms with Crippen LogP contribution in [0.25, 0.3) is 0 Å². The average molecular weight is 402 g/mol. The number of aliphatic hydroxyl groups is 1. The molecule has 0 heterocycles. The highest BCUT2D eigenvalue weighted by molar-refractivity contribution is 5.36. The second kappa shape index (κ2) is 11.3. The Morgan fingerprint density at radius 1 is 0.793 bits per heavy atom. The van der Waals surface area contributed by atoms with E-state index in [4.69, 9.17) is 0 Å². The van der Waals surface area contributed by atoms with Crippen molar-refractivity contribution in [2.24, 2.45) is 0 Å². The Morgan fingerprint density at radius 3 is 1.52 bits per heavy atom. The zero-order valence-electron chi connectivity index (χ0n) is 16.2. The lowest BCUT2D eigenvalue weighted by molar-refractivity contribution is -0.385. The summed E-state index contributed by atoms with van der Waals surface area (Å²) in [6.45, 7) is 4.00. The standard InChI is InChI=1S/C21H26N2O5.CH4/c1-15(17-5-3-7-19(13-17)22(25)26)9-11-21(24)12-10-16(2)18-6-4-8-20(14-18)23(27)28;/h3-8,13-16,21,24H,9-12H2,1-2H3;1H4/t15-,16-;/m1./s1. The number of nitrogens with zero attached hydrogens (tertiary/aromatic N) is 2. The van der Waals surface area contributed by atoms with Gasteiger partial charge in [-0.2, -0.15) is 0 Å². The maximum atomic E-state index is 10.9. The summed E-state index contributed by atoms with van der Waals surface area (Å²) in [6, 6.07) is 13.2. The monoisotopic (exact) mass is 402 g/mol. The lowest BCUT2D eigenvalue weighted by Gasteiger charge is -2.17. The average Bonchev–Trinajstić information content (AvgIpc) is 2.70. The number of aliphatic hydroxyl groups excluding tert-OH is 1. The van der Waals surface area contributed by atoms with Crippen molar-refractivity contribution < 1.29 is 15.0 Å². The van der Waals surface area contributed by atoms with Crippen LogP contribution in [0.1, 0.15) is 69.9 Å². The minimum absolute atomic E-state index is 0. The smallest absolute Gasteiger partial charge is 0.269 e. The molecule has 0 spiro atoms. The van der Waals surface area contributed by atoms with Gasteiger partial charge < -0.3 is 5.11 Å². The Hall–Kier alpha value is -2.80. The van der Waals surface area contributed by atoms with E-state index >= 15 is 0 Å². The fourth-order valence-corrected chi connectivity index (χ4v) is 3.25. The SMILES string of the molecule is C.C[C@H](CCC(O)CC[C@@H](C)c1cccc([N+](=O)[O-])c1)c1cccc([N+](=O)[O-])c1. The van der Waals surface area contributed by atoms with E-state index in [1.807, 2.05) is 26.0 Å². The first kappa shape index (κ1) is 24.2. The lowest BCUT2D eigenvalue weighted by atomic mass is 9.91. The van der Waals surface area contributed by atoms with Crippen molar-refractivity contribution in [2.45, 2.75) is 64.9 Å². The molecule has 7 nitrogen and oxygen atoms in total. The van der Waals surface area contributed by atoms with Gasteiger partial charge in [-0.3, -0.25) is 20.2 Å². The molecule has 158 valence electrons. The minimum atomic E-state index is -0.470. The molecule has 0 aromatic heterocycles. The normalized spacial score (nSPS) is 12.8. The minimum Gasteiger partial charge on any atom is -0.393 e. The molecule has 2 aromatic carbocycles. The van der Waals surface area contributed by atoms with E-state index in [1.165, 1.54) is 12.1 Å². The van der Waals surface area contributed by atoms with Gasteiger partial charge in [0.2, 0.25) is 0 Å². The zero-order valence-corrected chi connectivity index (χ0v) is 16.2. The number of nitro benzene ring substituents is 2. The molecule has 0 aliphatic rings. The van der Waals surface area contributed by atoms with Crippen molar-refractivity contribution in [1.29, 1.82) is 0 Å². The topological polar surface area (TPSA) is 107 Å². The van der Waals surface area contributed by atoms with Gasteiger partial charge in [0, 0.05) is 24.3 Å². The van der Waals surface area contributed by atoms with Crippen LogP contribution in [0, 0.1) is 20.2 Å². The summed E-state index contributed by atoms with van der Waals surface area (Å²) in [5.41, 5.74) is 1.95. The fraction of sp³-hybridized carbons (Fsp3) is 0.455. The van der Waals surface area contributed by atoms with Crippen LogP contribution in [0.3, 0.4) is 0 Å². The van der Waals surface area contributed by atoms with Crippen LogP contribution in [0.15, 0.2) is 48.5 Å². The zero-order chi connectivity index (χ0) is 20.7. The number of non-ortho nitro benzene ring substituents is 2. The summed E-state index contributed by atoms with van der Waals surface area (Å²) in [5.74, 6) is 0.229. The summed E-state index contributed by atoms with van der Waals surface area (Å²) in [6.07, 6.45) is 2.19. The maximum absolute atomic E-state index is 10.9. The number of benzene rings is 2. The number of rotatable bonds is 10. The van der Waals surface area contributed by atoms with Crippen LogP contribution >= 0.6 is 0 Å². The van der Waals surface area contributed by atoms with Gasteiger partial charge in [-0.15, -0.1) is 0 Å². The summed E-state index contributed by atoms with van der Waals surface area (Å²) in [7, 11) is 0. The second-order valence-corrected chi connectivity index (χ2v) is 7.31. The Kier molecular flexibility index (Phi) is 9.41. The van der Waals surface area contributed by atoms with Crippen LogP contribution in [-0.2, 0) is 0 Å². The van der Waals surface area contributed by atoms with Crippen LogP contribution in [0.5, 0.6) is 0 Å². The van der Waals surface area contributed by atoms with Gasteiger partial charge in [0.15, 0.2) is 0 Å². The lowest BCUT2D eigenvalue weighted by Crippen LogP contribution is -2.10. The third-order valence-electron chi connectivity index (χ3n) is 5.17. The van der Waals surface area contributed by atoms with Gasteiger partial charge in [0.25, 0.3) is 11.4 Å². The van der Waals surface area contributed by atoms with E-state index in [9.17, 15) is 25.3 Å². The van der Waals surface area contributed by atoms with Crippen molar-refractivity contribution in [3.63, 3.8) is 0 Å². The number of hydrogen-bond acceptors (Lipinski definition) is 5. The molecule has 2 atom stereocenters. The molecule has 0 bridgehead atoms. The summed E-state index contributed by atoms with van der Waals surface area (Å²) >= 11 is 0. The van der Waals surface area contributed by atoms with E-state index in [0.717, 1.165) is 24.0 Å². The van der Waals surface area contributed by atoms with Crippen molar-refractivity contribution >= 4 is 11.4 Å². The molecular weight excluding hydrogens is 372 g/mol. The molecule has 0 saturated heterocycles. The second-order valence-electron chi connectivity index (χ2n) is 7.31. The number of hydrogen-bond donors (Lipinski definition) is 1. The Labute approximate surface area is 171 Å². The van der Waals surface area contributed by atoms with Crippen LogP contribution in [-0.4, -0.2) is 21.1 Å². The van der Waals surface area contributed by atoms with E-state index in [-0.39, 0.29) is 30.6 Å². The predicted octanol–water partition coefficient (Wildman–Crippen LogP) is 5.97. The van der Waals surface area contributed by atoms with Crippen LogP contribution in [0.4, 0.5) is 11.4 Å². The van der Waals surface area contributed by atoms with Crippen molar-refractivity contribution in [3.8, 4) is 0 Å². The van der Waals surface area contributed by atoms with Gasteiger partial charge in [0.1, 0.15) is 0 Å². The summed E-state index contributed by atoms with van der Waals surface area (Å²) in [5, 5.41) is 32.1. The van der Waals surface area contributed by atoms with Crippen LogP contribution < -0.4 is 0 Å². The maximum Gasteiger partial charge on any atom is 0.269 e. The molecule has 1 N–H and O–H groups in total. The Morgan fingerprint density at radius 2 is 1.17 bits per heavy atom. The first-order valence-corrected chi connectivity index (χ1v) is 9.44. The van der Waals surface area contributed by atoms with Gasteiger partial charge in [-0.05, 0) is 48.6 Å². The molecule has 7 heteroatoms. The summed E-state index contributed by atoms with van der Waals surface area (Å²) in [4.78, 5) is 21.0. The van der Waals surface area contributed by atoms with Crippen molar-refractivity contribution in [1.82, 2.24) is 0 Å². The molecule has 0 radical (unpaired) electrons. The van der Waals surface area contributed by atoms with Crippen LogP contribution in [0.2, 0.25) is 0 Å². The Balaban J connectivity index is 0.00000420. The molecule has 2 aromatic rings. The molecule has 0 unspecified atom stereocenters. The van der Waals surface area contributed by atoms with Gasteiger partial charge in [-0.25, -0.2) is 0 Å². The van der Waals surface area contributed by atoms with Gasteiger partial charge in [0.05, 0.1) is 16.0 Å². The molecule has 2 rings (SSSR count). The van der Waals surface area contributed by atoms with E-state index < -0.39 is 16.0 Å². The van der Waals surface area contributed by atoms with E-state index in [0.29, 0.717) is 12.8 Å². The molecule has 0 aliphatic heterocycles. The first-order valence-electron chi connectivity index (χ1n) is 9.44. The van der Waals surface area contributed by atoms with Gasteiger partial charge >= 0.3 is 0 Å². The van der Waals surface area contributed by atoms with Gasteiger partial charge in [-0.1, -0.05) is 45.5 Å². The van der Waals surface area contributed by atoms with E-state index in [2.05, 4.69) is 0 Å². The van der Waals surface area contributed by atoms with E-state index in [1.54, 1.807) is 24.3 Å². The first-order chi connectivity index (χ1) is 13.3. The molecule has 0 aliphatic carbocycles. The van der Waals surface area contributed by atoms with Crippen molar-refractivity contribution in [3.05, 3.63) is 79.9 Å². The largest absolute Gasteiger partial charge is 0.393 e.